The zero-order chi connectivity index (χ0) is 17.1. The quantitative estimate of drug-likeness (QED) is 0.935. The van der Waals surface area contributed by atoms with Crippen LogP contribution in [0.25, 0.3) is 0 Å². The molecule has 0 bridgehead atoms. The average Bonchev–Trinajstić information content (AvgIpc) is 2.69. The van der Waals surface area contributed by atoms with E-state index in [0.717, 1.165) is 18.7 Å². The number of hydrogen-bond acceptors (Lipinski definition) is 5. The van der Waals surface area contributed by atoms with Crippen LogP contribution in [0.1, 0.15) is 28.4 Å². The molecular formula is C18H23N5O. The molecule has 1 aliphatic rings. The Morgan fingerprint density at radius 3 is 2.67 bits per heavy atom. The Morgan fingerprint density at radius 2 is 1.96 bits per heavy atom. The van der Waals surface area contributed by atoms with Crippen molar-refractivity contribution in [1.29, 1.82) is 0 Å². The van der Waals surface area contributed by atoms with Gasteiger partial charge in [0, 0.05) is 39.4 Å². The fraction of sp³-hybridized carbons (Fsp3) is 0.389. The van der Waals surface area contributed by atoms with Gasteiger partial charge in [0.05, 0.1) is 0 Å². The highest BCUT2D eigenvalue weighted by atomic mass is 16.2. The Kier molecular flexibility index (Phi) is 4.64. The number of carbonyl (C=O) groups excluding carboxylic acids is 1. The maximum absolute atomic E-state index is 12.9. The molecule has 0 saturated heterocycles. The van der Waals surface area contributed by atoms with Crippen LogP contribution in [-0.2, 0) is 6.54 Å². The number of hydrogen-bond donors (Lipinski definition) is 1. The molecule has 1 aromatic carbocycles. The Hall–Kier alpha value is -2.63. The normalized spacial score (nSPS) is 14.4. The number of carbonyl (C=O) groups is 1. The van der Waals surface area contributed by atoms with Crippen molar-refractivity contribution >= 4 is 17.7 Å². The predicted octanol–water partition coefficient (Wildman–Crippen LogP) is 2.31. The van der Waals surface area contributed by atoms with Crippen LogP contribution in [0.2, 0.25) is 0 Å². The number of likely N-dealkylation sites (N-methyl/N-ethyl adjacent to an activating group) is 1. The molecule has 0 radical (unpaired) electrons. The number of benzene rings is 1. The van der Waals surface area contributed by atoms with E-state index >= 15 is 0 Å². The number of amides is 1. The van der Waals surface area contributed by atoms with Gasteiger partial charge in [-0.1, -0.05) is 29.8 Å². The van der Waals surface area contributed by atoms with Crippen LogP contribution in [0, 0.1) is 6.92 Å². The van der Waals surface area contributed by atoms with Crippen LogP contribution in [-0.4, -0.2) is 47.5 Å². The van der Waals surface area contributed by atoms with E-state index in [2.05, 4.69) is 46.5 Å². The molecule has 3 rings (SSSR count). The van der Waals surface area contributed by atoms with Crippen LogP contribution in [0.3, 0.4) is 0 Å². The van der Waals surface area contributed by atoms with Crippen LogP contribution >= 0.6 is 0 Å². The van der Waals surface area contributed by atoms with Gasteiger partial charge in [0.15, 0.2) is 0 Å². The third-order valence-electron chi connectivity index (χ3n) is 4.18. The third kappa shape index (κ3) is 3.32. The highest BCUT2D eigenvalue weighted by molar-refractivity contribution is 5.99. The zero-order valence-corrected chi connectivity index (χ0v) is 14.4. The van der Waals surface area contributed by atoms with Gasteiger partial charge in [0.25, 0.3) is 5.91 Å². The summed E-state index contributed by atoms with van der Waals surface area (Å²) in [5.41, 5.74) is 2.91. The maximum atomic E-state index is 12.9. The van der Waals surface area contributed by atoms with E-state index in [0.29, 0.717) is 30.4 Å². The minimum absolute atomic E-state index is 0.0158. The molecule has 0 fully saturated rings. The fourth-order valence-electron chi connectivity index (χ4n) is 2.77. The van der Waals surface area contributed by atoms with Crippen LogP contribution in [0.15, 0.2) is 30.5 Å². The van der Waals surface area contributed by atoms with Gasteiger partial charge in [-0.15, -0.1) is 0 Å². The van der Waals surface area contributed by atoms with Crippen molar-refractivity contribution in [2.75, 3.05) is 36.9 Å². The minimum Gasteiger partial charge on any atom is -0.357 e. The number of anilines is 2. The van der Waals surface area contributed by atoms with Crippen LogP contribution in [0.5, 0.6) is 0 Å². The van der Waals surface area contributed by atoms with Crippen LogP contribution < -0.4 is 10.2 Å². The predicted molar refractivity (Wildman–Crippen MR) is 95.4 cm³/mol. The largest absolute Gasteiger partial charge is 0.357 e. The number of aryl methyl sites for hydroxylation is 1. The summed E-state index contributed by atoms with van der Waals surface area (Å²) in [6.45, 7) is 6.80. The van der Waals surface area contributed by atoms with Gasteiger partial charge in [-0.2, -0.15) is 4.98 Å². The van der Waals surface area contributed by atoms with Gasteiger partial charge in [0.1, 0.15) is 11.4 Å². The molecule has 6 nitrogen and oxygen atoms in total. The molecule has 0 saturated carbocycles. The van der Waals surface area contributed by atoms with Crippen molar-refractivity contribution in [1.82, 2.24) is 14.9 Å². The SMILES string of the molecule is CCNc1ncc2c(n1)N(C)CCN(Cc1ccc(C)cc1)C2=O. The molecule has 0 aliphatic carbocycles. The number of fused-ring (bicyclic) bond motifs is 1. The lowest BCUT2D eigenvalue weighted by Crippen LogP contribution is -2.33. The highest BCUT2D eigenvalue weighted by Crippen LogP contribution is 2.23. The molecule has 1 aromatic heterocycles. The van der Waals surface area contributed by atoms with E-state index in [-0.39, 0.29) is 5.91 Å². The summed E-state index contributed by atoms with van der Waals surface area (Å²) in [7, 11) is 1.96. The van der Waals surface area contributed by atoms with E-state index in [1.165, 1.54) is 5.56 Å². The van der Waals surface area contributed by atoms with E-state index in [4.69, 9.17) is 0 Å². The third-order valence-corrected chi connectivity index (χ3v) is 4.18. The van der Waals surface area contributed by atoms with Gasteiger partial charge >= 0.3 is 0 Å². The number of nitrogens with zero attached hydrogens (tertiary/aromatic N) is 4. The molecule has 1 amide bonds. The molecular weight excluding hydrogens is 302 g/mol. The molecule has 0 atom stereocenters. The van der Waals surface area contributed by atoms with Crippen molar-refractivity contribution in [2.24, 2.45) is 0 Å². The lowest BCUT2D eigenvalue weighted by atomic mass is 10.1. The van der Waals surface area contributed by atoms with E-state index in [9.17, 15) is 4.79 Å². The molecule has 1 aliphatic heterocycles. The molecule has 24 heavy (non-hydrogen) atoms. The number of aromatic nitrogens is 2. The lowest BCUT2D eigenvalue weighted by molar-refractivity contribution is 0.0754. The van der Waals surface area contributed by atoms with E-state index < -0.39 is 0 Å². The summed E-state index contributed by atoms with van der Waals surface area (Å²) >= 11 is 0. The van der Waals surface area contributed by atoms with Gasteiger partial charge < -0.3 is 15.1 Å². The smallest absolute Gasteiger partial charge is 0.259 e. The Labute approximate surface area is 142 Å². The second kappa shape index (κ2) is 6.86. The van der Waals surface area contributed by atoms with Crippen molar-refractivity contribution in [3.63, 3.8) is 0 Å². The van der Waals surface area contributed by atoms with Gasteiger partial charge in [-0.25, -0.2) is 4.98 Å². The first-order chi connectivity index (χ1) is 11.6. The Balaban J connectivity index is 1.87. The molecule has 6 heteroatoms. The zero-order valence-electron chi connectivity index (χ0n) is 14.4. The molecule has 2 heterocycles. The van der Waals surface area contributed by atoms with Crippen LogP contribution in [0.4, 0.5) is 11.8 Å². The summed E-state index contributed by atoms with van der Waals surface area (Å²) in [5.74, 6) is 1.23. The lowest BCUT2D eigenvalue weighted by Gasteiger charge is -2.21. The minimum atomic E-state index is -0.0158. The fourth-order valence-corrected chi connectivity index (χ4v) is 2.77. The summed E-state index contributed by atoms with van der Waals surface area (Å²) in [5, 5.41) is 3.10. The summed E-state index contributed by atoms with van der Waals surface area (Å²) in [4.78, 5) is 25.6. The number of nitrogens with one attached hydrogen (secondary N) is 1. The Bertz CT molecular complexity index is 729. The summed E-state index contributed by atoms with van der Waals surface area (Å²) < 4.78 is 0. The molecule has 126 valence electrons. The van der Waals surface area contributed by atoms with Gasteiger partial charge in [-0.3, -0.25) is 4.79 Å². The Morgan fingerprint density at radius 1 is 1.21 bits per heavy atom. The van der Waals surface area contributed by atoms with E-state index in [1.54, 1.807) is 6.20 Å². The van der Waals surface area contributed by atoms with Gasteiger partial charge in [0.2, 0.25) is 5.95 Å². The van der Waals surface area contributed by atoms with E-state index in [1.807, 2.05) is 23.8 Å². The molecule has 0 spiro atoms. The average molecular weight is 325 g/mol. The number of rotatable bonds is 4. The molecule has 2 aromatic rings. The van der Waals surface area contributed by atoms with Crippen molar-refractivity contribution in [2.45, 2.75) is 20.4 Å². The second-order valence-electron chi connectivity index (χ2n) is 6.10. The van der Waals surface area contributed by atoms with Crippen molar-refractivity contribution < 1.29 is 4.79 Å². The monoisotopic (exact) mass is 325 g/mol. The second-order valence-corrected chi connectivity index (χ2v) is 6.10. The highest BCUT2D eigenvalue weighted by Gasteiger charge is 2.26. The molecule has 0 unspecified atom stereocenters. The summed E-state index contributed by atoms with van der Waals surface area (Å²) in [6, 6.07) is 8.29. The topological polar surface area (TPSA) is 61.4 Å². The first-order valence-electron chi connectivity index (χ1n) is 8.25. The van der Waals surface area contributed by atoms with Crippen molar-refractivity contribution in [3.05, 3.63) is 47.2 Å². The standard InChI is InChI=1S/C18H23N5O/c1-4-19-18-20-11-15-16(21-18)22(3)9-10-23(17(15)24)12-14-7-5-13(2)6-8-14/h5-8,11H,4,9-10,12H2,1-3H3,(H,19,20,21). The first-order valence-corrected chi connectivity index (χ1v) is 8.25. The maximum Gasteiger partial charge on any atom is 0.259 e. The first kappa shape index (κ1) is 16.2. The van der Waals surface area contributed by atoms with Gasteiger partial charge in [-0.05, 0) is 19.4 Å². The van der Waals surface area contributed by atoms with Crippen molar-refractivity contribution in [3.8, 4) is 0 Å². The summed E-state index contributed by atoms with van der Waals surface area (Å²) in [6.07, 6.45) is 1.63. The molecule has 1 N–H and O–H groups in total.